The van der Waals surface area contributed by atoms with Gasteiger partial charge in [0.05, 0.1) is 0 Å². The van der Waals surface area contributed by atoms with Crippen LogP contribution in [0, 0.1) is 0 Å². The fourth-order valence-corrected chi connectivity index (χ4v) is 13.0. The van der Waals surface area contributed by atoms with Gasteiger partial charge in [0.25, 0.3) is 0 Å². The number of fused-ring (bicyclic) bond motifs is 13. The van der Waals surface area contributed by atoms with Crippen LogP contribution in [0.5, 0.6) is 0 Å². The molecule has 0 nitrogen and oxygen atoms in total. The zero-order valence-corrected chi connectivity index (χ0v) is 36.2. The SMILES string of the molecule is CC1(C)c2ccccc2-c2cc(-c3c4ccccc4c(-c4ccc5c(c4)C4(CCCCC4)c4ccccc4-5)c4ccc(-c5ccc6c(c5)C(C)(C)c5ccccc5-6)cc34)ccc21. The van der Waals surface area contributed by atoms with Crippen LogP contribution in [0.3, 0.4) is 0 Å². The van der Waals surface area contributed by atoms with Crippen molar-refractivity contribution in [2.75, 3.05) is 0 Å². The van der Waals surface area contributed by atoms with E-state index in [1.165, 1.54) is 148 Å². The van der Waals surface area contributed by atoms with Crippen molar-refractivity contribution in [1.29, 1.82) is 0 Å². The van der Waals surface area contributed by atoms with Crippen molar-refractivity contribution >= 4 is 21.5 Å². The molecule has 0 heterocycles. The molecule has 0 unspecified atom stereocenters. The third kappa shape index (κ3) is 4.79. The Morgan fingerprint density at radius 3 is 1.44 bits per heavy atom. The molecule has 4 aliphatic carbocycles. The second-order valence-electron chi connectivity index (χ2n) is 19.9. The van der Waals surface area contributed by atoms with Crippen LogP contribution in [0.25, 0.3) is 88.3 Å². The zero-order chi connectivity index (χ0) is 41.5. The van der Waals surface area contributed by atoms with Crippen LogP contribution in [0.15, 0.2) is 170 Å². The van der Waals surface area contributed by atoms with Crippen molar-refractivity contribution in [2.45, 2.75) is 76.0 Å². The van der Waals surface area contributed by atoms with E-state index in [9.17, 15) is 0 Å². The average Bonchev–Trinajstić information content (AvgIpc) is 3.81. The van der Waals surface area contributed by atoms with Crippen LogP contribution >= 0.6 is 0 Å². The molecule has 1 fully saturated rings. The first-order valence-corrected chi connectivity index (χ1v) is 23.0. The van der Waals surface area contributed by atoms with Crippen molar-refractivity contribution in [3.63, 3.8) is 0 Å². The van der Waals surface area contributed by atoms with Gasteiger partial charge in [0.2, 0.25) is 0 Å². The largest absolute Gasteiger partial charge is 0.0619 e. The van der Waals surface area contributed by atoms with Crippen LogP contribution < -0.4 is 0 Å². The molecule has 298 valence electrons. The van der Waals surface area contributed by atoms with Crippen LogP contribution in [0.2, 0.25) is 0 Å². The molecule has 13 rings (SSSR count). The van der Waals surface area contributed by atoms with E-state index in [0.717, 1.165) is 0 Å². The van der Waals surface area contributed by atoms with E-state index >= 15 is 0 Å². The highest BCUT2D eigenvalue weighted by atomic mass is 14.5. The lowest BCUT2D eigenvalue weighted by Gasteiger charge is -2.36. The zero-order valence-electron chi connectivity index (χ0n) is 36.2. The van der Waals surface area contributed by atoms with Gasteiger partial charge in [-0.15, -0.1) is 0 Å². The van der Waals surface area contributed by atoms with Gasteiger partial charge < -0.3 is 0 Å². The molecule has 0 heteroatoms. The van der Waals surface area contributed by atoms with Crippen LogP contribution in [-0.2, 0) is 16.2 Å². The minimum atomic E-state index is -0.0648. The van der Waals surface area contributed by atoms with Crippen molar-refractivity contribution in [2.24, 2.45) is 0 Å². The van der Waals surface area contributed by atoms with Gasteiger partial charge in [-0.2, -0.15) is 0 Å². The minimum Gasteiger partial charge on any atom is -0.0619 e. The van der Waals surface area contributed by atoms with E-state index in [1.54, 1.807) is 5.56 Å². The van der Waals surface area contributed by atoms with E-state index in [4.69, 9.17) is 0 Å². The van der Waals surface area contributed by atoms with Gasteiger partial charge in [0.1, 0.15) is 0 Å². The average molecular weight is 795 g/mol. The molecule has 62 heavy (non-hydrogen) atoms. The summed E-state index contributed by atoms with van der Waals surface area (Å²) in [6.45, 7) is 9.54. The second-order valence-corrected chi connectivity index (χ2v) is 19.9. The minimum absolute atomic E-state index is 0.0461. The van der Waals surface area contributed by atoms with Gasteiger partial charge >= 0.3 is 0 Å². The summed E-state index contributed by atoms with van der Waals surface area (Å²) >= 11 is 0. The van der Waals surface area contributed by atoms with Crippen LogP contribution in [0.1, 0.15) is 93.2 Å². The smallest absolute Gasteiger partial charge is 0.0215 e. The highest BCUT2D eigenvalue weighted by Crippen LogP contribution is 2.58. The topological polar surface area (TPSA) is 0 Å². The summed E-state index contributed by atoms with van der Waals surface area (Å²) in [6, 6.07) is 66.0. The van der Waals surface area contributed by atoms with Crippen LogP contribution in [0.4, 0.5) is 0 Å². The van der Waals surface area contributed by atoms with Gasteiger partial charge in [-0.05, 0) is 159 Å². The maximum absolute atomic E-state index is 2.62. The Morgan fingerprint density at radius 1 is 0.290 bits per heavy atom. The number of rotatable bonds is 3. The van der Waals surface area contributed by atoms with Gasteiger partial charge in [0, 0.05) is 16.2 Å². The van der Waals surface area contributed by atoms with E-state index in [2.05, 4.69) is 198 Å². The normalized spacial score (nSPS) is 16.8. The second kappa shape index (κ2) is 12.8. The lowest BCUT2D eigenvalue weighted by atomic mass is 9.67. The van der Waals surface area contributed by atoms with Crippen molar-refractivity contribution < 1.29 is 0 Å². The molecule has 1 saturated carbocycles. The lowest BCUT2D eigenvalue weighted by molar-refractivity contribution is 0.353. The molecule has 0 saturated heterocycles. The van der Waals surface area contributed by atoms with Gasteiger partial charge in [-0.25, -0.2) is 0 Å². The molecule has 9 aromatic carbocycles. The van der Waals surface area contributed by atoms with Crippen molar-refractivity contribution in [1.82, 2.24) is 0 Å². The first-order valence-electron chi connectivity index (χ1n) is 23.0. The van der Waals surface area contributed by atoms with Crippen molar-refractivity contribution in [3.8, 4) is 66.8 Å². The molecule has 1 spiro atoms. The maximum atomic E-state index is 2.62. The molecule has 9 aromatic rings. The number of hydrogen-bond donors (Lipinski definition) is 0. The summed E-state index contributed by atoms with van der Waals surface area (Å²) in [4.78, 5) is 0. The number of hydrogen-bond acceptors (Lipinski definition) is 0. The van der Waals surface area contributed by atoms with E-state index in [1.807, 2.05) is 0 Å². The van der Waals surface area contributed by atoms with Crippen LogP contribution in [-0.4, -0.2) is 0 Å². The Balaban J connectivity index is 1.08. The Hall–Kier alpha value is -6.50. The molecule has 0 atom stereocenters. The summed E-state index contributed by atoms with van der Waals surface area (Å²) in [5, 5.41) is 5.24. The molecule has 0 radical (unpaired) electrons. The quantitative estimate of drug-likeness (QED) is 0.156. The molecular weight excluding hydrogens is 745 g/mol. The molecule has 0 amide bonds. The summed E-state index contributed by atoms with van der Waals surface area (Å²) in [6.07, 6.45) is 6.36. The Kier molecular flexibility index (Phi) is 7.46. The summed E-state index contributed by atoms with van der Waals surface area (Å²) < 4.78 is 0. The third-order valence-corrected chi connectivity index (χ3v) is 16.1. The molecule has 0 bridgehead atoms. The molecule has 0 aromatic heterocycles. The fraction of sp³-hybridized carbons (Fsp3) is 0.194. The van der Waals surface area contributed by atoms with Gasteiger partial charge in [-0.3, -0.25) is 0 Å². The van der Waals surface area contributed by atoms with Gasteiger partial charge in [0.15, 0.2) is 0 Å². The highest BCUT2D eigenvalue weighted by Gasteiger charge is 2.44. The Morgan fingerprint density at radius 2 is 0.726 bits per heavy atom. The maximum Gasteiger partial charge on any atom is 0.0215 e. The molecule has 0 aliphatic heterocycles. The van der Waals surface area contributed by atoms with Crippen molar-refractivity contribution in [3.05, 3.63) is 203 Å². The third-order valence-electron chi connectivity index (χ3n) is 16.1. The molecule has 0 N–H and O–H groups in total. The van der Waals surface area contributed by atoms with E-state index in [-0.39, 0.29) is 16.2 Å². The molecule has 4 aliphatic rings. The first-order chi connectivity index (χ1) is 30.2. The monoisotopic (exact) mass is 794 g/mol. The fourth-order valence-electron chi connectivity index (χ4n) is 13.0. The molecular formula is C62H50. The van der Waals surface area contributed by atoms with E-state index in [0.29, 0.717) is 0 Å². The predicted octanol–water partition coefficient (Wildman–Crippen LogP) is 16.8. The predicted molar refractivity (Wildman–Crippen MR) is 262 cm³/mol. The Bertz CT molecular complexity index is 3380. The van der Waals surface area contributed by atoms with E-state index < -0.39 is 0 Å². The number of benzene rings is 9. The first kappa shape index (κ1) is 36.2. The summed E-state index contributed by atoms with van der Waals surface area (Å²) in [5.41, 5.74) is 24.8. The Labute approximate surface area is 365 Å². The summed E-state index contributed by atoms with van der Waals surface area (Å²) in [7, 11) is 0. The highest BCUT2D eigenvalue weighted by molar-refractivity contribution is 6.22. The standard InChI is InChI=1S/C62H50/c1-60(2)53-22-12-9-18-44(53)50-35-40(27-31-54(50)60)59-48-20-7-6-19-47(48)58(41-26-29-46-43-17-10-13-23-55(43)62(57(46)37-41)32-14-5-15-33-62)49-30-25-38(34-51(49)59)39-24-28-45-42-16-8-11-21-52(42)61(3,4)56(45)36-39/h6-13,16-31,34-37H,5,14-15,32-33H2,1-4H3. The lowest BCUT2D eigenvalue weighted by Crippen LogP contribution is -2.28. The van der Waals surface area contributed by atoms with Gasteiger partial charge in [-0.1, -0.05) is 193 Å². The summed E-state index contributed by atoms with van der Waals surface area (Å²) in [5.74, 6) is 0.